The summed E-state index contributed by atoms with van der Waals surface area (Å²) in [6.45, 7) is 4.81. The molecule has 1 atom stereocenters. The predicted octanol–water partition coefficient (Wildman–Crippen LogP) is 1.27. The summed E-state index contributed by atoms with van der Waals surface area (Å²) in [4.78, 5) is 30.3. The van der Waals surface area contributed by atoms with Gasteiger partial charge in [-0.15, -0.1) is 0 Å². The van der Waals surface area contributed by atoms with E-state index in [-0.39, 0.29) is 17.9 Å². The third kappa shape index (κ3) is 4.23. The lowest BCUT2D eigenvalue weighted by Crippen LogP contribution is -2.42. The van der Waals surface area contributed by atoms with Crippen LogP contribution < -0.4 is 5.32 Å². The summed E-state index contributed by atoms with van der Waals surface area (Å²) >= 11 is 0. The fraction of sp³-hybridized carbons (Fsp3) is 0.444. The third-order valence-electron chi connectivity index (χ3n) is 4.58. The molecule has 3 rings (SSSR count). The lowest BCUT2D eigenvalue weighted by Gasteiger charge is -2.26. The average Bonchev–Trinajstić information content (AvgIpc) is 3.15. The fourth-order valence-electron chi connectivity index (χ4n) is 3.14. The van der Waals surface area contributed by atoms with Crippen LogP contribution in [-0.4, -0.2) is 44.5 Å². The first kappa shape index (κ1) is 17.1. The summed E-state index contributed by atoms with van der Waals surface area (Å²) < 4.78 is 0. The van der Waals surface area contributed by atoms with Gasteiger partial charge in [0, 0.05) is 49.2 Å². The Kier molecular flexibility index (Phi) is 5.11. The van der Waals surface area contributed by atoms with E-state index in [1.54, 1.807) is 17.3 Å². The summed E-state index contributed by atoms with van der Waals surface area (Å²) in [5, 5.41) is 10.0. The molecule has 0 unspecified atom stereocenters. The Balaban J connectivity index is 1.74. The monoisotopic (exact) mass is 341 g/mol. The Bertz CT molecular complexity index is 737. The maximum absolute atomic E-state index is 12.9. The van der Waals surface area contributed by atoms with Crippen LogP contribution in [0.2, 0.25) is 0 Å². The zero-order chi connectivity index (χ0) is 17.8. The molecule has 3 heterocycles. The molecule has 1 aliphatic rings. The van der Waals surface area contributed by atoms with Crippen LogP contribution in [0.15, 0.2) is 24.5 Å². The maximum atomic E-state index is 12.9. The largest absolute Gasteiger partial charge is 0.352 e. The minimum absolute atomic E-state index is 0.0136. The SMILES string of the molecule is Cc1n[nH]c(C)c1CC(=O)N(Cc1cccnc1)C[C@@H]1CCC(=O)N1. The maximum Gasteiger partial charge on any atom is 0.227 e. The van der Waals surface area contributed by atoms with E-state index in [1.165, 1.54) is 0 Å². The number of hydrogen-bond acceptors (Lipinski definition) is 4. The predicted molar refractivity (Wildman–Crippen MR) is 92.6 cm³/mol. The number of H-pyrrole nitrogens is 1. The van der Waals surface area contributed by atoms with Gasteiger partial charge >= 0.3 is 0 Å². The number of amides is 2. The number of aromatic nitrogens is 3. The van der Waals surface area contributed by atoms with Crippen LogP contribution >= 0.6 is 0 Å². The molecule has 25 heavy (non-hydrogen) atoms. The van der Waals surface area contributed by atoms with Gasteiger partial charge in [0.25, 0.3) is 0 Å². The number of carbonyl (C=O) groups is 2. The van der Waals surface area contributed by atoms with Gasteiger partial charge < -0.3 is 10.2 Å². The van der Waals surface area contributed by atoms with Crippen molar-refractivity contribution in [2.45, 2.75) is 45.7 Å². The Morgan fingerprint density at radius 3 is 2.84 bits per heavy atom. The molecule has 7 nitrogen and oxygen atoms in total. The number of aromatic amines is 1. The summed E-state index contributed by atoms with van der Waals surface area (Å²) in [6.07, 6.45) is 5.07. The third-order valence-corrected chi connectivity index (χ3v) is 4.58. The van der Waals surface area contributed by atoms with Crippen LogP contribution in [0.1, 0.15) is 35.4 Å². The van der Waals surface area contributed by atoms with Crippen molar-refractivity contribution in [2.24, 2.45) is 0 Å². The molecule has 0 aromatic carbocycles. The molecular formula is C18H23N5O2. The van der Waals surface area contributed by atoms with Crippen LogP contribution in [0.3, 0.4) is 0 Å². The molecular weight excluding hydrogens is 318 g/mol. The highest BCUT2D eigenvalue weighted by atomic mass is 16.2. The van der Waals surface area contributed by atoms with E-state index >= 15 is 0 Å². The zero-order valence-electron chi connectivity index (χ0n) is 14.6. The van der Waals surface area contributed by atoms with Crippen LogP contribution in [0, 0.1) is 13.8 Å². The first-order valence-corrected chi connectivity index (χ1v) is 8.49. The van der Waals surface area contributed by atoms with Crippen LogP contribution in [0.5, 0.6) is 0 Å². The number of rotatable bonds is 6. The molecule has 0 saturated carbocycles. The molecule has 0 radical (unpaired) electrons. The second-order valence-corrected chi connectivity index (χ2v) is 6.53. The molecule has 1 saturated heterocycles. The van der Waals surface area contributed by atoms with Gasteiger partial charge in [-0.2, -0.15) is 5.10 Å². The molecule has 0 aliphatic carbocycles. The van der Waals surface area contributed by atoms with Crippen molar-refractivity contribution in [1.82, 2.24) is 25.4 Å². The lowest BCUT2D eigenvalue weighted by molar-refractivity contribution is -0.131. The first-order chi connectivity index (χ1) is 12.0. The van der Waals surface area contributed by atoms with Gasteiger partial charge in [0.05, 0.1) is 12.1 Å². The Hall–Kier alpha value is -2.70. The highest BCUT2D eigenvalue weighted by molar-refractivity contribution is 5.80. The van der Waals surface area contributed by atoms with Crippen LogP contribution in [-0.2, 0) is 22.6 Å². The quantitative estimate of drug-likeness (QED) is 0.828. The Morgan fingerprint density at radius 2 is 2.24 bits per heavy atom. The molecule has 2 N–H and O–H groups in total. The number of pyridine rings is 1. The smallest absolute Gasteiger partial charge is 0.227 e. The second kappa shape index (κ2) is 7.46. The van der Waals surface area contributed by atoms with Gasteiger partial charge in [-0.05, 0) is 31.9 Å². The molecule has 0 bridgehead atoms. The molecule has 7 heteroatoms. The van der Waals surface area contributed by atoms with E-state index < -0.39 is 0 Å². The number of nitrogens with one attached hydrogen (secondary N) is 2. The lowest BCUT2D eigenvalue weighted by atomic mass is 10.1. The molecule has 2 aromatic heterocycles. The number of carbonyl (C=O) groups excluding carboxylic acids is 2. The van der Waals surface area contributed by atoms with E-state index in [1.807, 2.05) is 26.0 Å². The highest BCUT2D eigenvalue weighted by Crippen LogP contribution is 2.15. The van der Waals surface area contributed by atoms with Crippen molar-refractivity contribution in [3.05, 3.63) is 47.0 Å². The Morgan fingerprint density at radius 1 is 1.40 bits per heavy atom. The van der Waals surface area contributed by atoms with Gasteiger partial charge in [0.1, 0.15) is 0 Å². The zero-order valence-corrected chi connectivity index (χ0v) is 14.6. The van der Waals surface area contributed by atoms with Crippen molar-refractivity contribution in [3.8, 4) is 0 Å². The molecule has 2 aromatic rings. The molecule has 2 amide bonds. The summed E-state index contributed by atoms with van der Waals surface area (Å²) in [5.41, 5.74) is 3.68. The average molecular weight is 341 g/mol. The summed E-state index contributed by atoms with van der Waals surface area (Å²) in [7, 11) is 0. The number of nitrogens with zero attached hydrogens (tertiary/aromatic N) is 3. The number of aryl methyl sites for hydroxylation is 2. The topological polar surface area (TPSA) is 91.0 Å². The summed E-state index contributed by atoms with van der Waals surface area (Å²) in [6, 6.07) is 3.83. The Labute approximate surface area is 146 Å². The van der Waals surface area contributed by atoms with Crippen LogP contribution in [0.25, 0.3) is 0 Å². The van der Waals surface area contributed by atoms with Gasteiger partial charge in [-0.1, -0.05) is 6.07 Å². The second-order valence-electron chi connectivity index (χ2n) is 6.53. The van der Waals surface area contributed by atoms with E-state index in [4.69, 9.17) is 0 Å². The van der Waals surface area contributed by atoms with E-state index in [2.05, 4.69) is 20.5 Å². The first-order valence-electron chi connectivity index (χ1n) is 8.49. The molecule has 1 aliphatic heterocycles. The molecule has 1 fully saturated rings. The van der Waals surface area contributed by atoms with Crippen molar-refractivity contribution < 1.29 is 9.59 Å². The van der Waals surface area contributed by atoms with Crippen molar-refractivity contribution in [2.75, 3.05) is 6.54 Å². The minimum Gasteiger partial charge on any atom is -0.352 e. The van der Waals surface area contributed by atoms with Gasteiger partial charge in [-0.3, -0.25) is 19.7 Å². The molecule has 132 valence electrons. The summed E-state index contributed by atoms with van der Waals surface area (Å²) in [5.74, 6) is 0.0814. The number of hydrogen-bond donors (Lipinski definition) is 2. The van der Waals surface area contributed by atoms with Crippen molar-refractivity contribution in [1.29, 1.82) is 0 Å². The normalized spacial score (nSPS) is 16.7. The highest BCUT2D eigenvalue weighted by Gasteiger charge is 2.26. The van der Waals surface area contributed by atoms with Crippen LogP contribution in [0.4, 0.5) is 0 Å². The fourth-order valence-corrected chi connectivity index (χ4v) is 3.14. The van der Waals surface area contributed by atoms with E-state index in [0.29, 0.717) is 25.9 Å². The van der Waals surface area contributed by atoms with E-state index in [0.717, 1.165) is 28.9 Å². The van der Waals surface area contributed by atoms with Gasteiger partial charge in [0.15, 0.2) is 0 Å². The van der Waals surface area contributed by atoms with Gasteiger partial charge in [-0.25, -0.2) is 0 Å². The van der Waals surface area contributed by atoms with E-state index in [9.17, 15) is 9.59 Å². The van der Waals surface area contributed by atoms with Crippen molar-refractivity contribution in [3.63, 3.8) is 0 Å². The minimum atomic E-state index is 0.0136. The van der Waals surface area contributed by atoms with Crippen molar-refractivity contribution >= 4 is 11.8 Å². The standard InChI is InChI=1S/C18H23N5O2/c1-12-16(13(2)22-21-12)8-18(25)23(10-14-4-3-7-19-9-14)11-15-5-6-17(24)20-15/h3-4,7,9,15H,5-6,8,10-11H2,1-2H3,(H,20,24)(H,21,22)/t15-/m0/s1. The van der Waals surface area contributed by atoms with Gasteiger partial charge in [0.2, 0.25) is 11.8 Å². The molecule has 0 spiro atoms.